The molecule has 0 aromatic heterocycles. The van der Waals surface area contributed by atoms with Gasteiger partial charge in [0.1, 0.15) is 0 Å². The lowest BCUT2D eigenvalue weighted by molar-refractivity contribution is 0.223. The van der Waals surface area contributed by atoms with Crippen LogP contribution in [0.25, 0.3) is 0 Å². The third-order valence-corrected chi connectivity index (χ3v) is 1.53. The summed E-state index contributed by atoms with van der Waals surface area (Å²) in [5, 5.41) is 19.8. The molecule has 0 amide bonds. The predicted molar refractivity (Wildman–Crippen MR) is 44.4 cm³/mol. The fraction of sp³-hybridized carbons (Fsp3) is 0.125. The van der Waals surface area contributed by atoms with Gasteiger partial charge in [0.05, 0.1) is 0 Å². The standard InChI is InChI=1S/C8H10N2O2/c1-6-2-4-7(5-3-6)8(9-11)10-12/h2-5,11-12H,1H3,(H,9,10). The quantitative estimate of drug-likeness (QED) is 0.253. The largest absolute Gasteiger partial charge is 0.409 e. The molecule has 0 aliphatic carbocycles. The van der Waals surface area contributed by atoms with Crippen molar-refractivity contribution < 1.29 is 10.4 Å². The van der Waals surface area contributed by atoms with Gasteiger partial charge in [-0.2, -0.15) is 0 Å². The van der Waals surface area contributed by atoms with Crippen molar-refractivity contribution in [3.63, 3.8) is 0 Å². The number of hydrogen-bond acceptors (Lipinski definition) is 3. The van der Waals surface area contributed by atoms with Gasteiger partial charge in [0, 0.05) is 5.56 Å². The van der Waals surface area contributed by atoms with E-state index in [1.807, 2.05) is 19.1 Å². The lowest BCUT2D eigenvalue weighted by atomic mass is 10.1. The van der Waals surface area contributed by atoms with Crippen LogP contribution in [0.2, 0.25) is 0 Å². The van der Waals surface area contributed by atoms with Gasteiger partial charge < -0.3 is 5.21 Å². The molecule has 0 spiro atoms. The number of benzene rings is 1. The second-order valence-electron chi connectivity index (χ2n) is 2.43. The summed E-state index contributed by atoms with van der Waals surface area (Å²) in [4.78, 5) is 0. The van der Waals surface area contributed by atoms with E-state index < -0.39 is 0 Å². The molecule has 0 saturated carbocycles. The monoisotopic (exact) mass is 166 g/mol. The van der Waals surface area contributed by atoms with E-state index >= 15 is 0 Å². The van der Waals surface area contributed by atoms with Crippen LogP contribution in [0.4, 0.5) is 0 Å². The topological polar surface area (TPSA) is 64.9 Å². The number of rotatable bonds is 1. The Kier molecular flexibility index (Phi) is 2.66. The highest BCUT2D eigenvalue weighted by Gasteiger charge is 2.00. The van der Waals surface area contributed by atoms with E-state index in [1.54, 1.807) is 17.6 Å². The van der Waals surface area contributed by atoms with Gasteiger partial charge in [0.15, 0.2) is 5.84 Å². The third-order valence-electron chi connectivity index (χ3n) is 1.53. The first-order valence-corrected chi connectivity index (χ1v) is 3.47. The summed E-state index contributed by atoms with van der Waals surface area (Å²) >= 11 is 0. The summed E-state index contributed by atoms with van der Waals surface area (Å²) < 4.78 is 0. The fourth-order valence-electron chi connectivity index (χ4n) is 0.856. The Morgan fingerprint density at radius 2 is 1.92 bits per heavy atom. The molecule has 64 valence electrons. The summed E-state index contributed by atoms with van der Waals surface area (Å²) in [6, 6.07) is 7.21. The Labute approximate surface area is 70.1 Å². The SMILES string of the molecule is Cc1ccc(C(=NO)NO)cc1. The van der Waals surface area contributed by atoms with Gasteiger partial charge in [-0.05, 0) is 6.92 Å². The Morgan fingerprint density at radius 3 is 2.33 bits per heavy atom. The molecule has 4 nitrogen and oxygen atoms in total. The highest BCUT2D eigenvalue weighted by atomic mass is 16.5. The zero-order valence-electron chi connectivity index (χ0n) is 6.65. The van der Waals surface area contributed by atoms with Gasteiger partial charge >= 0.3 is 0 Å². The molecule has 0 bridgehead atoms. The van der Waals surface area contributed by atoms with Crippen LogP contribution in [-0.2, 0) is 0 Å². The zero-order valence-corrected chi connectivity index (χ0v) is 6.65. The minimum Gasteiger partial charge on any atom is -0.409 e. The van der Waals surface area contributed by atoms with Gasteiger partial charge in [0.25, 0.3) is 0 Å². The van der Waals surface area contributed by atoms with Crippen molar-refractivity contribution in [3.05, 3.63) is 35.4 Å². The van der Waals surface area contributed by atoms with Crippen LogP contribution in [0.15, 0.2) is 29.4 Å². The minimum absolute atomic E-state index is 0.0370. The summed E-state index contributed by atoms with van der Waals surface area (Å²) in [5.74, 6) is 0.0370. The van der Waals surface area contributed by atoms with Crippen LogP contribution < -0.4 is 5.48 Å². The molecule has 1 rings (SSSR count). The number of nitrogens with zero attached hydrogens (tertiary/aromatic N) is 1. The maximum atomic E-state index is 8.51. The Bertz CT molecular complexity index is 280. The maximum Gasteiger partial charge on any atom is 0.196 e. The molecular weight excluding hydrogens is 156 g/mol. The third kappa shape index (κ3) is 1.73. The molecule has 0 aliphatic rings. The van der Waals surface area contributed by atoms with Crippen molar-refractivity contribution in [2.75, 3.05) is 0 Å². The van der Waals surface area contributed by atoms with E-state index in [9.17, 15) is 0 Å². The van der Waals surface area contributed by atoms with Gasteiger partial charge in [-0.1, -0.05) is 35.0 Å². The maximum absolute atomic E-state index is 8.51. The summed E-state index contributed by atoms with van der Waals surface area (Å²) in [6.45, 7) is 1.95. The Morgan fingerprint density at radius 1 is 1.33 bits per heavy atom. The average molecular weight is 166 g/mol. The molecule has 4 heteroatoms. The lowest BCUT2D eigenvalue weighted by Gasteiger charge is -2.01. The van der Waals surface area contributed by atoms with Crippen molar-refractivity contribution in [1.29, 1.82) is 0 Å². The van der Waals surface area contributed by atoms with Crippen molar-refractivity contribution >= 4 is 5.84 Å². The molecule has 1 aromatic carbocycles. The van der Waals surface area contributed by atoms with Gasteiger partial charge in [-0.15, -0.1) is 0 Å². The van der Waals surface area contributed by atoms with E-state index in [2.05, 4.69) is 5.16 Å². The Hall–Kier alpha value is -1.55. The van der Waals surface area contributed by atoms with Gasteiger partial charge in [0.2, 0.25) is 0 Å². The normalized spacial score (nSPS) is 11.3. The van der Waals surface area contributed by atoms with Crippen molar-refractivity contribution in [2.45, 2.75) is 6.92 Å². The van der Waals surface area contributed by atoms with Gasteiger partial charge in [-0.3, -0.25) is 5.21 Å². The van der Waals surface area contributed by atoms with E-state index in [-0.39, 0.29) is 5.84 Å². The van der Waals surface area contributed by atoms with Crippen LogP contribution in [0.1, 0.15) is 11.1 Å². The number of hydroxylamine groups is 1. The second kappa shape index (κ2) is 3.73. The molecule has 0 atom stereocenters. The van der Waals surface area contributed by atoms with E-state index in [4.69, 9.17) is 10.4 Å². The van der Waals surface area contributed by atoms with E-state index in [1.165, 1.54) is 0 Å². The molecule has 3 N–H and O–H groups in total. The number of amidine groups is 1. The van der Waals surface area contributed by atoms with Gasteiger partial charge in [-0.25, -0.2) is 5.48 Å². The zero-order chi connectivity index (χ0) is 8.97. The number of aryl methyl sites for hydroxylation is 1. The highest BCUT2D eigenvalue weighted by molar-refractivity contribution is 5.97. The van der Waals surface area contributed by atoms with E-state index in [0.29, 0.717) is 5.56 Å². The van der Waals surface area contributed by atoms with Crippen molar-refractivity contribution in [2.24, 2.45) is 5.16 Å². The molecule has 0 fully saturated rings. The van der Waals surface area contributed by atoms with Crippen molar-refractivity contribution in [3.8, 4) is 0 Å². The number of nitrogens with one attached hydrogen (secondary N) is 1. The highest BCUT2D eigenvalue weighted by Crippen LogP contribution is 2.02. The predicted octanol–water partition coefficient (Wildman–Crippen LogP) is 1.11. The molecule has 0 saturated heterocycles. The van der Waals surface area contributed by atoms with Crippen LogP contribution in [0, 0.1) is 6.92 Å². The van der Waals surface area contributed by atoms with Crippen LogP contribution in [0.3, 0.4) is 0 Å². The minimum atomic E-state index is 0.0370. The first kappa shape index (κ1) is 8.55. The molecule has 0 unspecified atom stereocenters. The summed E-state index contributed by atoms with van der Waals surface area (Å²) in [5.41, 5.74) is 3.52. The second-order valence-corrected chi connectivity index (χ2v) is 2.43. The smallest absolute Gasteiger partial charge is 0.196 e. The number of oxime groups is 1. The molecule has 0 aliphatic heterocycles. The average Bonchev–Trinajstić information content (AvgIpc) is 2.10. The Balaban J connectivity index is 2.96. The first-order valence-electron chi connectivity index (χ1n) is 3.47. The number of hydrogen-bond donors (Lipinski definition) is 3. The van der Waals surface area contributed by atoms with Crippen LogP contribution >= 0.6 is 0 Å². The van der Waals surface area contributed by atoms with Crippen LogP contribution in [0.5, 0.6) is 0 Å². The molecule has 12 heavy (non-hydrogen) atoms. The molecule has 1 aromatic rings. The first-order chi connectivity index (χ1) is 5.77. The van der Waals surface area contributed by atoms with Crippen molar-refractivity contribution in [1.82, 2.24) is 5.48 Å². The fourth-order valence-corrected chi connectivity index (χ4v) is 0.856. The molecule has 0 radical (unpaired) electrons. The summed E-state index contributed by atoms with van der Waals surface area (Å²) in [7, 11) is 0. The molecular formula is C8H10N2O2. The lowest BCUT2D eigenvalue weighted by Crippen LogP contribution is -2.19. The summed E-state index contributed by atoms with van der Waals surface area (Å²) in [6.07, 6.45) is 0. The van der Waals surface area contributed by atoms with Crippen LogP contribution in [-0.4, -0.2) is 16.3 Å². The van der Waals surface area contributed by atoms with E-state index in [0.717, 1.165) is 5.56 Å². The molecule has 0 heterocycles.